The van der Waals surface area contributed by atoms with Crippen LogP contribution >= 0.6 is 0 Å². The minimum absolute atomic E-state index is 0.0221. The van der Waals surface area contributed by atoms with Gasteiger partial charge in [0, 0.05) is 13.5 Å². The van der Waals surface area contributed by atoms with Crippen molar-refractivity contribution in [1.82, 2.24) is 5.32 Å². The van der Waals surface area contributed by atoms with E-state index >= 15 is 0 Å². The molecule has 0 aromatic carbocycles. The van der Waals surface area contributed by atoms with Crippen LogP contribution in [-0.2, 0) is 9.59 Å². The molecule has 0 bridgehead atoms. The Kier molecular flexibility index (Phi) is 2.44. The summed E-state index contributed by atoms with van der Waals surface area (Å²) in [5, 5.41) is 11.8. The van der Waals surface area contributed by atoms with Gasteiger partial charge in [-0.3, -0.25) is 9.59 Å². The van der Waals surface area contributed by atoms with Crippen LogP contribution in [0.4, 0.5) is 0 Å². The maximum Gasteiger partial charge on any atom is 0.307 e. The molecule has 0 aromatic heterocycles. The first-order valence-electron chi connectivity index (χ1n) is 5.53. The predicted molar refractivity (Wildman–Crippen MR) is 54.2 cm³/mol. The van der Waals surface area contributed by atoms with E-state index in [1.54, 1.807) is 0 Å². The molecule has 1 spiro atoms. The Morgan fingerprint density at radius 2 is 2.13 bits per heavy atom. The van der Waals surface area contributed by atoms with Crippen molar-refractivity contribution in [2.75, 3.05) is 6.54 Å². The predicted octanol–water partition coefficient (Wildman–Crippen LogP) is 1.01. The quantitative estimate of drug-likeness (QED) is 0.732. The first kappa shape index (κ1) is 10.5. The van der Waals surface area contributed by atoms with Crippen LogP contribution in [0.5, 0.6) is 0 Å². The molecule has 2 saturated carbocycles. The molecule has 0 heterocycles. The fourth-order valence-electron chi connectivity index (χ4n) is 3.12. The highest BCUT2D eigenvalue weighted by Gasteiger charge is 2.60. The largest absolute Gasteiger partial charge is 0.481 e. The minimum atomic E-state index is -0.659. The average Bonchev–Trinajstić information content (AvgIpc) is 1.97. The SMILES string of the molecule is CC(=O)NCC1CC(C(=O)O)C12CCC2. The second kappa shape index (κ2) is 3.51. The van der Waals surface area contributed by atoms with Crippen LogP contribution in [0.15, 0.2) is 0 Å². The second-order valence-electron chi connectivity index (χ2n) is 4.85. The number of hydrogen-bond donors (Lipinski definition) is 2. The summed E-state index contributed by atoms with van der Waals surface area (Å²) in [6, 6.07) is 0. The van der Waals surface area contributed by atoms with Crippen LogP contribution < -0.4 is 5.32 Å². The van der Waals surface area contributed by atoms with Crippen LogP contribution in [0.1, 0.15) is 32.6 Å². The van der Waals surface area contributed by atoms with Crippen molar-refractivity contribution in [2.24, 2.45) is 17.3 Å². The molecule has 2 aliphatic carbocycles. The smallest absolute Gasteiger partial charge is 0.307 e. The number of carbonyl (C=O) groups is 2. The monoisotopic (exact) mass is 211 g/mol. The lowest BCUT2D eigenvalue weighted by Gasteiger charge is -2.60. The van der Waals surface area contributed by atoms with Crippen LogP contribution in [-0.4, -0.2) is 23.5 Å². The molecule has 2 fully saturated rings. The summed E-state index contributed by atoms with van der Waals surface area (Å²) in [4.78, 5) is 21.8. The highest BCUT2D eigenvalue weighted by molar-refractivity contribution is 5.74. The van der Waals surface area contributed by atoms with E-state index in [1.807, 2.05) is 0 Å². The molecule has 15 heavy (non-hydrogen) atoms. The van der Waals surface area contributed by atoms with Crippen LogP contribution in [0, 0.1) is 17.3 Å². The molecule has 2 atom stereocenters. The lowest BCUT2D eigenvalue weighted by Crippen LogP contribution is -2.59. The molecule has 84 valence electrons. The van der Waals surface area contributed by atoms with E-state index in [-0.39, 0.29) is 17.2 Å². The first-order valence-corrected chi connectivity index (χ1v) is 5.53. The van der Waals surface area contributed by atoms with Crippen LogP contribution in [0.3, 0.4) is 0 Å². The van der Waals surface area contributed by atoms with Gasteiger partial charge >= 0.3 is 5.97 Å². The summed E-state index contributed by atoms with van der Waals surface area (Å²) < 4.78 is 0. The standard InChI is InChI=1S/C11H17NO3/c1-7(13)12-6-8-5-9(10(14)15)11(8)3-2-4-11/h8-9H,2-6H2,1H3,(H,12,13)(H,14,15). The molecular formula is C11H17NO3. The molecule has 2 N–H and O–H groups in total. The molecule has 0 radical (unpaired) electrons. The van der Waals surface area contributed by atoms with E-state index in [2.05, 4.69) is 5.32 Å². The molecule has 1 amide bonds. The Labute approximate surface area is 89.0 Å². The summed E-state index contributed by atoms with van der Waals surface area (Å²) in [5.41, 5.74) is 0.0221. The lowest BCUT2D eigenvalue weighted by molar-refractivity contribution is -0.175. The number of carboxylic acid groups (broad SMARTS) is 1. The van der Waals surface area contributed by atoms with E-state index in [0.717, 1.165) is 25.7 Å². The minimum Gasteiger partial charge on any atom is -0.481 e. The Hall–Kier alpha value is -1.06. The van der Waals surface area contributed by atoms with Gasteiger partial charge in [-0.2, -0.15) is 0 Å². The number of hydrogen-bond acceptors (Lipinski definition) is 2. The zero-order valence-corrected chi connectivity index (χ0v) is 8.95. The number of nitrogens with one attached hydrogen (secondary N) is 1. The summed E-state index contributed by atoms with van der Waals surface area (Å²) >= 11 is 0. The van der Waals surface area contributed by atoms with Gasteiger partial charge in [0.15, 0.2) is 0 Å². The van der Waals surface area contributed by atoms with Crippen LogP contribution in [0.2, 0.25) is 0 Å². The summed E-state index contributed by atoms with van der Waals surface area (Å²) in [6.07, 6.45) is 3.92. The van der Waals surface area contributed by atoms with E-state index in [0.29, 0.717) is 12.5 Å². The van der Waals surface area contributed by atoms with Crippen molar-refractivity contribution in [2.45, 2.75) is 32.6 Å². The van der Waals surface area contributed by atoms with Gasteiger partial charge < -0.3 is 10.4 Å². The number of carbonyl (C=O) groups excluding carboxylic acids is 1. The molecule has 4 nitrogen and oxygen atoms in total. The van der Waals surface area contributed by atoms with Gasteiger partial charge in [-0.05, 0) is 30.6 Å². The van der Waals surface area contributed by atoms with Crippen LogP contribution in [0.25, 0.3) is 0 Å². The molecule has 2 rings (SSSR count). The van der Waals surface area contributed by atoms with E-state index in [4.69, 9.17) is 5.11 Å². The van der Waals surface area contributed by atoms with Crippen molar-refractivity contribution < 1.29 is 14.7 Å². The van der Waals surface area contributed by atoms with E-state index in [1.165, 1.54) is 6.92 Å². The summed E-state index contributed by atoms with van der Waals surface area (Å²) in [5.74, 6) is -0.460. The molecule has 0 saturated heterocycles. The van der Waals surface area contributed by atoms with Gasteiger partial charge in [0.2, 0.25) is 5.91 Å². The number of rotatable bonds is 3. The van der Waals surface area contributed by atoms with E-state index < -0.39 is 5.97 Å². The third kappa shape index (κ3) is 1.52. The number of carboxylic acids is 1. The van der Waals surface area contributed by atoms with Gasteiger partial charge in [0.1, 0.15) is 0 Å². The van der Waals surface area contributed by atoms with Crippen molar-refractivity contribution in [3.05, 3.63) is 0 Å². The number of amides is 1. The molecule has 2 aliphatic rings. The maximum absolute atomic E-state index is 11.0. The zero-order chi connectivity index (χ0) is 11.1. The highest BCUT2D eigenvalue weighted by atomic mass is 16.4. The molecule has 0 aliphatic heterocycles. The van der Waals surface area contributed by atoms with Crippen molar-refractivity contribution in [3.8, 4) is 0 Å². The Morgan fingerprint density at radius 1 is 1.47 bits per heavy atom. The third-order valence-electron chi connectivity index (χ3n) is 4.21. The Balaban J connectivity index is 1.94. The molecule has 4 heteroatoms. The fraction of sp³-hybridized carbons (Fsp3) is 0.818. The van der Waals surface area contributed by atoms with Crippen molar-refractivity contribution in [1.29, 1.82) is 0 Å². The molecule has 2 unspecified atom stereocenters. The van der Waals surface area contributed by atoms with Gasteiger partial charge in [-0.25, -0.2) is 0 Å². The third-order valence-corrected chi connectivity index (χ3v) is 4.21. The second-order valence-corrected chi connectivity index (χ2v) is 4.85. The Morgan fingerprint density at radius 3 is 2.53 bits per heavy atom. The lowest BCUT2D eigenvalue weighted by atomic mass is 9.44. The average molecular weight is 211 g/mol. The summed E-state index contributed by atoms with van der Waals surface area (Å²) in [6.45, 7) is 2.15. The number of aliphatic carboxylic acids is 1. The van der Waals surface area contributed by atoms with E-state index in [9.17, 15) is 9.59 Å². The van der Waals surface area contributed by atoms with Gasteiger partial charge in [-0.1, -0.05) is 6.42 Å². The highest BCUT2D eigenvalue weighted by Crippen LogP contribution is 2.63. The summed E-state index contributed by atoms with van der Waals surface area (Å²) in [7, 11) is 0. The van der Waals surface area contributed by atoms with Gasteiger partial charge in [0.25, 0.3) is 0 Å². The molecule has 0 aromatic rings. The molecular weight excluding hydrogens is 194 g/mol. The van der Waals surface area contributed by atoms with Gasteiger partial charge in [0.05, 0.1) is 5.92 Å². The van der Waals surface area contributed by atoms with Crippen molar-refractivity contribution >= 4 is 11.9 Å². The van der Waals surface area contributed by atoms with Gasteiger partial charge in [-0.15, -0.1) is 0 Å². The maximum atomic E-state index is 11.0. The normalized spacial score (nSPS) is 31.5. The zero-order valence-electron chi connectivity index (χ0n) is 8.95. The Bertz CT molecular complexity index is 294. The first-order chi connectivity index (χ1) is 7.06. The topological polar surface area (TPSA) is 66.4 Å². The fourth-order valence-corrected chi connectivity index (χ4v) is 3.12. The van der Waals surface area contributed by atoms with Crippen molar-refractivity contribution in [3.63, 3.8) is 0 Å².